The van der Waals surface area contributed by atoms with Crippen LogP contribution in [0.4, 0.5) is 17.1 Å². The molecule has 0 spiro atoms. The summed E-state index contributed by atoms with van der Waals surface area (Å²) in [6.45, 7) is 0. The van der Waals surface area contributed by atoms with Gasteiger partial charge in [0.2, 0.25) is 5.89 Å². The van der Waals surface area contributed by atoms with E-state index in [1.807, 2.05) is 48.5 Å². The molecule has 0 unspecified atom stereocenters. The van der Waals surface area contributed by atoms with Crippen LogP contribution in [0.1, 0.15) is 0 Å². The van der Waals surface area contributed by atoms with E-state index in [-0.39, 0.29) is 0 Å². The highest BCUT2D eigenvalue weighted by Gasteiger charge is 2.21. The van der Waals surface area contributed by atoms with Crippen molar-refractivity contribution in [3.8, 4) is 22.6 Å². The maximum Gasteiger partial charge on any atom is 0.228 e. The number of para-hydroxylation sites is 3. The number of oxazole rings is 1. The van der Waals surface area contributed by atoms with Crippen LogP contribution in [-0.4, -0.2) is 4.98 Å². The minimum absolute atomic E-state index is 0.576. The molecule has 11 rings (SSSR count). The lowest BCUT2D eigenvalue weighted by molar-refractivity contribution is 0.620. The highest BCUT2D eigenvalue weighted by Crippen LogP contribution is 2.44. The Bertz CT molecular complexity index is 3110. The van der Waals surface area contributed by atoms with Crippen molar-refractivity contribution in [2.24, 2.45) is 0 Å². The van der Waals surface area contributed by atoms with Gasteiger partial charge in [-0.05, 0) is 88.6 Å². The van der Waals surface area contributed by atoms with Gasteiger partial charge in [0.05, 0.1) is 0 Å². The minimum Gasteiger partial charge on any atom is -0.456 e. The Morgan fingerprint density at radius 1 is 0.365 bits per heavy atom. The van der Waals surface area contributed by atoms with Crippen LogP contribution in [0.25, 0.3) is 88.3 Å². The maximum absolute atomic E-state index is 6.62. The molecular weight excluding hydrogens is 641 g/mol. The Kier molecular flexibility index (Phi) is 6.18. The Morgan fingerprint density at radius 2 is 0.942 bits per heavy atom. The Balaban J connectivity index is 1.07. The van der Waals surface area contributed by atoms with Gasteiger partial charge in [-0.3, -0.25) is 0 Å². The summed E-state index contributed by atoms with van der Waals surface area (Å²) in [5.74, 6) is 0.576. The summed E-state index contributed by atoms with van der Waals surface area (Å²) in [5, 5.41) is 6.61. The van der Waals surface area contributed by atoms with Crippen LogP contribution in [0.3, 0.4) is 0 Å². The summed E-state index contributed by atoms with van der Waals surface area (Å²) in [6, 6.07) is 58.5. The average Bonchev–Trinajstić information content (AvgIpc) is 3.91. The highest BCUT2D eigenvalue weighted by molar-refractivity contribution is 6.16. The predicted molar refractivity (Wildman–Crippen MR) is 212 cm³/mol. The fraction of sp³-hybridized carbons (Fsp3) is 0. The van der Waals surface area contributed by atoms with Crippen LogP contribution in [0.15, 0.2) is 183 Å². The molecule has 3 aromatic heterocycles. The number of aromatic nitrogens is 1. The summed E-state index contributed by atoms with van der Waals surface area (Å²) < 4.78 is 19.3. The van der Waals surface area contributed by atoms with Gasteiger partial charge in [-0.25, -0.2) is 4.98 Å². The van der Waals surface area contributed by atoms with Gasteiger partial charge in [0, 0.05) is 56.3 Å². The van der Waals surface area contributed by atoms with E-state index in [9.17, 15) is 0 Å². The second-order valence-corrected chi connectivity index (χ2v) is 13.1. The van der Waals surface area contributed by atoms with E-state index in [1.54, 1.807) is 0 Å². The fourth-order valence-corrected chi connectivity index (χ4v) is 7.78. The summed E-state index contributed by atoms with van der Waals surface area (Å²) in [4.78, 5) is 7.04. The first-order valence-corrected chi connectivity index (χ1v) is 17.4. The van der Waals surface area contributed by atoms with E-state index in [0.29, 0.717) is 5.89 Å². The Hall–Kier alpha value is -7.11. The predicted octanol–water partition coefficient (Wildman–Crippen LogP) is 13.6. The molecule has 244 valence electrons. The van der Waals surface area contributed by atoms with Crippen molar-refractivity contribution in [2.45, 2.75) is 0 Å². The molecule has 0 aliphatic rings. The molecule has 0 N–H and O–H groups in total. The number of rotatable bonds is 5. The van der Waals surface area contributed by atoms with E-state index >= 15 is 0 Å². The molecule has 0 amide bonds. The van der Waals surface area contributed by atoms with Crippen LogP contribution < -0.4 is 4.90 Å². The third kappa shape index (κ3) is 4.39. The molecule has 0 atom stereocenters. The van der Waals surface area contributed by atoms with Gasteiger partial charge >= 0.3 is 0 Å². The van der Waals surface area contributed by atoms with Gasteiger partial charge in [-0.15, -0.1) is 0 Å². The van der Waals surface area contributed by atoms with E-state index < -0.39 is 0 Å². The third-order valence-corrected chi connectivity index (χ3v) is 10.1. The number of nitrogens with zero attached hydrogens (tertiary/aromatic N) is 2. The monoisotopic (exact) mass is 668 g/mol. The number of benzene rings is 8. The molecule has 8 aromatic carbocycles. The maximum atomic E-state index is 6.62. The van der Waals surface area contributed by atoms with Gasteiger partial charge in [-0.1, -0.05) is 91.0 Å². The van der Waals surface area contributed by atoms with Gasteiger partial charge in [0.15, 0.2) is 5.58 Å². The Labute approximate surface area is 297 Å². The number of furan rings is 2. The lowest BCUT2D eigenvalue weighted by atomic mass is 9.94. The number of anilines is 3. The quantitative estimate of drug-likeness (QED) is 0.183. The number of fused-ring (bicyclic) bond motifs is 8. The lowest BCUT2D eigenvalue weighted by Crippen LogP contribution is -2.09. The second kappa shape index (κ2) is 11.2. The first kappa shape index (κ1) is 28.7. The molecule has 3 heterocycles. The Morgan fingerprint density at radius 3 is 1.69 bits per heavy atom. The molecular formula is C47H28N2O3. The molecule has 0 aliphatic heterocycles. The van der Waals surface area contributed by atoms with Crippen molar-refractivity contribution >= 4 is 82.8 Å². The topological polar surface area (TPSA) is 55.6 Å². The minimum atomic E-state index is 0.576. The zero-order chi connectivity index (χ0) is 34.2. The summed E-state index contributed by atoms with van der Waals surface area (Å²) in [7, 11) is 0. The van der Waals surface area contributed by atoms with Gasteiger partial charge in [-0.2, -0.15) is 0 Å². The molecule has 0 saturated heterocycles. The smallest absolute Gasteiger partial charge is 0.228 e. The van der Waals surface area contributed by atoms with Crippen molar-refractivity contribution in [2.75, 3.05) is 4.90 Å². The zero-order valence-corrected chi connectivity index (χ0v) is 27.8. The van der Waals surface area contributed by atoms with Gasteiger partial charge < -0.3 is 18.2 Å². The van der Waals surface area contributed by atoms with Crippen molar-refractivity contribution in [1.82, 2.24) is 4.98 Å². The van der Waals surface area contributed by atoms with Crippen LogP contribution in [-0.2, 0) is 0 Å². The van der Waals surface area contributed by atoms with Gasteiger partial charge in [0.1, 0.15) is 27.8 Å². The van der Waals surface area contributed by atoms with E-state index in [1.165, 1.54) is 16.3 Å². The third-order valence-electron chi connectivity index (χ3n) is 10.1. The van der Waals surface area contributed by atoms with Crippen LogP contribution in [0, 0.1) is 0 Å². The zero-order valence-electron chi connectivity index (χ0n) is 27.8. The van der Waals surface area contributed by atoms with E-state index in [0.717, 1.165) is 83.2 Å². The summed E-state index contributed by atoms with van der Waals surface area (Å²) >= 11 is 0. The molecule has 5 heteroatoms. The SMILES string of the molecule is c1ccc(N(c2ccc3c(c2)oc2cccc(-c4nc5ccccc5o4)c23)c2ccc3c(c2)oc2cccc(-c4cccc5ccccc45)c23)cc1. The van der Waals surface area contributed by atoms with Crippen molar-refractivity contribution in [3.63, 3.8) is 0 Å². The molecule has 52 heavy (non-hydrogen) atoms. The van der Waals surface area contributed by atoms with Gasteiger partial charge in [0.25, 0.3) is 0 Å². The molecule has 0 aliphatic carbocycles. The number of hydrogen-bond donors (Lipinski definition) is 0. The van der Waals surface area contributed by atoms with Crippen molar-refractivity contribution in [3.05, 3.63) is 170 Å². The first-order chi connectivity index (χ1) is 25.8. The summed E-state index contributed by atoms with van der Waals surface area (Å²) in [5.41, 5.74) is 11.1. The second-order valence-electron chi connectivity index (χ2n) is 13.1. The van der Waals surface area contributed by atoms with E-state index in [4.69, 9.17) is 18.2 Å². The van der Waals surface area contributed by atoms with Crippen molar-refractivity contribution < 1.29 is 13.3 Å². The molecule has 0 fully saturated rings. The molecule has 0 bridgehead atoms. The lowest BCUT2D eigenvalue weighted by Gasteiger charge is -2.25. The average molecular weight is 669 g/mol. The largest absolute Gasteiger partial charge is 0.456 e. The molecule has 0 saturated carbocycles. The highest BCUT2D eigenvalue weighted by atomic mass is 16.4. The molecule has 5 nitrogen and oxygen atoms in total. The van der Waals surface area contributed by atoms with Crippen LogP contribution >= 0.6 is 0 Å². The normalized spacial score (nSPS) is 11.8. The summed E-state index contributed by atoms with van der Waals surface area (Å²) in [6.07, 6.45) is 0. The fourth-order valence-electron chi connectivity index (χ4n) is 7.78. The standard InChI is InChI=1S/C47H28N2O3/c1-2-13-30(14-3-1)49(32-24-26-37-44(28-32)51-42-22-10-18-38(46(37)42)47-48-39-19-6-7-20-40(39)52-47)31-23-25-36-43(27-31)50-41-21-9-17-35(45(36)41)34-16-8-12-29-11-4-5-15-33(29)34/h1-28H. The molecule has 0 radical (unpaired) electrons. The molecule has 11 aromatic rings. The number of hydrogen-bond acceptors (Lipinski definition) is 5. The van der Waals surface area contributed by atoms with Crippen LogP contribution in [0.2, 0.25) is 0 Å². The van der Waals surface area contributed by atoms with Crippen molar-refractivity contribution in [1.29, 1.82) is 0 Å². The van der Waals surface area contributed by atoms with Crippen LogP contribution in [0.5, 0.6) is 0 Å². The first-order valence-electron chi connectivity index (χ1n) is 17.4. The van der Waals surface area contributed by atoms with E-state index in [2.05, 4.69) is 126 Å².